The molecule has 1 heterocycles. The average Bonchev–Trinajstić information content (AvgIpc) is 2.72. The van der Waals surface area contributed by atoms with Crippen LogP contribution in [-0.4, -0.2) is 56.1 Å². The number of hydrogen-bond acceptors (Lipinski definition) is 6. The first-order valence-electron chi connectivity index (χ1n) is 9.77. The van der Waals surface area contributed by atoms with Gasteiger partial charge in [-0.3, -0.25) is 19.8 Å². The normalized spacial score (nSPS) is 12.8. The Hall–Kier alpha value is -3.80. The summed E-state index contributed by atoms with van der Waals surface area (Å²) in [6, 6.07) is 8.51. The zero-order valence-corrected chi connectivity index (χ0v) is 17.5. The van der Waals surface area contributed by atoms with Crippen molar-refractivity contribution in [1.29, 1.82) is 0 Å². The lowest BCUT2D eigenvalue weighted by Crippen LogP contribution is -2.42. The van der Waals surface area contributed by atoms with Gasteiger partial charge < -0.3 is 20.1 Å². The molecule has 1 aliphatic heterocycles. The smallest absolute Gasteiger partial charge is 0.418 e. The topological polar surface area (TPSA) is 109 Å². The number of halogens is 3. The van der Waals surface area contributed by atoms with Gasteiger partial charge >= 0.3 is 12.2 Å². The number of para-hydroxylation sites is 1. The van der Waals surface area contributed by atoms with Crippen LogP contribution in [0.25, 0.3) is 0 Å². The number of carbonyl (C=O) groups excluding carboxylic acids is 3. The summed E-state index contributed by atoms with van der Waals surface area (Å²) >= 11 is 0. The summed E-state index contributed by atoms with van der Waals surface area (Å²) in [4.78, 5) is 37.5. The fraction of sp³-hybridized carbons (Fsp3) is 0.286. The van der Waals surface area contributed by atoms with Gasteiger partial charge in [0.1, 0.15) is 13.2 Å². The Morgan fingerprint density at radius 3 is 2.33 bits per heavy atom. The third-order valence-electron chi connectivity index (χ3n) is 4.39. The number of rotatable bonds is 6. The number of fused-ring (bicyclic) bond motifs is 1. The zero-order chi connectivity index (χ0) is 24.0. The number of benzene rings is 2. The number of amides is 4. The first-order chi connectivity index (χ1) is 15.6. The van der Waals surface area contributed by atoms with Crippen LogP contribution in [0.1, 0.15) is 5.56 Å². The number of carbonyl (C=O) groups is 3. The number of nitrogens with one attached hydrogen (secondary N) is 3. The lowest BCUT2D eigenvalue weighted by Gasteiger charge is -2.19. The van der Waals surface area contributed by atoms with E-state index in [4.69, 9.17) is 9.47 Å². The van der Waals surface area contributed by atoms with Gasteiger partial charge in [-0.25, -0.2) is 4.79 Å². The second-order valence-electron chi connectivity index (χ2n) is 7.12. The minimum Gasteiger partial charge on any atom is -0.486 e. The van der Waals surface area contributed by atoms with Crippen molar-refractivity contribution < 1.29 is 37.0 Å². The lowest BCUT2D eigenvalue weighted by molar-refractivity contribution is -0.137. The van der Waals surface area contributed by atoms with E-state index in [0.29, 0.717) is 30.4 Å². The third-order valence-corrected chi connectivity index (χ3v) is 4.39. The molecule has 0 bridgehead atoms. The van der Waals surface area contributed by atoms with E-state index >= 15 is 0 Å². The molecule has 33 heavy (non-hydrogen) atoms. The van der Waals surface area contributed by atoms with Crippen LogP contribution in [0, 0.1) is 0 Å². The van der Waals surface area contributed by atoms with Gasteiger partial charge in [-0.2, -0.15) is 13.2 Å². The van der Waals surface area contributed by atoms with Crippen molar-refractivity contribution in [3.05, 3.63) is 48.0 Å². The Labute approximate surface area is 186 Å². The summed E-state index contributed by atoms with van der Waals surface area (Å²) in [6.45, 7) is 0.0876. The van der Waals surface area contributed by atoms with Crippen LogP contribution in [0.3, 0.4) is 0 Å². The van der Waals surface area contributed by atoms with E-state index < -0.39 is 29.6 Å². The molecule has 0 unspecified atom stereocenters. The first kappa shape index (κ1) is 23.9. The van der Waals surface area contributed by atoms with Gasteiger partial charge in [0.15, 0.2) is 11.5 Å². The Morgan fingerprint density at radius 1 is 0.939 bits per heavy atom. The maximum Gasteiger partial charge on any atom is 0.418 e. The van der Waals surface area contributed by atoms with Crippen LogP contribution in [0.4, 0.5) is 29.3 Å². The van der Waals surface area contributed by atoms with Crippen LogP contribution in [0.2, 0.25) is 0 Å². The molecule has 12 heteroatoms. The Kier molecular flexibility index (Phi) is 7.38. The van der Waals surface area contributed by atoms with Crippen LogP contribution >= 0.6 is 0 Å². The molecule has 3 rings (SSSR count). The van der Waals surface area contributed by atoms with Crippen LogP contribution in [0.15, 0.2) is 42.5 Å². The van der Waals surface area contributed by atoms with Gasteiger partial charge in [-0.15, -0.1) is 0 Å². The Bertz CT molecular complexity index is 1040. The second kappa shape index (κ2) is 10.2. The summed E-state index contributed by atoms with van der Waals surface area (Å²) < 4.78 is 49.9. The molecule has 0 saturated heterocycles. The zero-order valence-electron chi connectivity index (χ0n) is 17.5. The molecular weight excluding hydrogens is 445 g/mol. The fourth-order valence-electron chi connectivity index (χ4n) is 3.02. The molecule has 2 aromatic rings. The number of nitrogens with zero attached hydrogens (tertiary/aromatic N) is 1. The van der Waals surface area contributed by atoms with Crippen molar-refractivity contribution in [3.63, 3.8) is 0 Å². The largest absolute Gasteiger partial charge is 0.486 e. The van der Waals surface area contributed by atoms with Crippen molar-refractivity contribution in [3.8, 4) is 11.5 Å². The van der Waals surface area contributed by atoms with Gasteiger partial charge in [-0.1, -0.05) is 12.1 Å². The van der Waals surface area contributed by atoms with Crippen molar-refractivity contribution in [2.75, 3.05) is 44.0 Å². The molecule has 176 valence electrons. The maximum absolute atomic E-state index is 13.0. The summed E-state index contributed by atoms with van der Waals surface area (Å²) in [7, 11) is 1.41. The van der Waals surface area contributed by atoms with Crippen molar-refractivity contribution in [2.45, 2.75) is 6.18 Å². The molecular formula is C21H21F3N4O5. The van der Waals surface area contributed by atoms with Crippen molar-refractivity contribution in [2.24, 2.45) is 0 Å². The molecule has 9 nitrogen and oxygen atoms in total. The highest BCUT2D eigenvalue weighted by atomic mass is 19.4. The van der Waals surface area contributed by atoms with Gasteiger partial charge in [-0.05, 0) is 31.3 Å². The monoisotopic (exact) mass is 466 g/mol. The summed E-state index contributed by atoms with van der Waals surface area (Å²) in [5, 5.41) is 6.77. The summed E-state index contributed by atoms with van der Waals surface area (Å²) in [5.41, 5.74) is -0.984. The van der Waals surface area contributed by atoms with Crippen molar-refractivity contribution in [1.82, 2.24) is 10.2 Å². The Balaban J connectivity index is 1.46. The Morgan fingerprint density at radius 2 is 1.61 bits per heavy atom. The number of anilines is 2. The molecule has 0 spiro atoms. The van der Waals surface area contributed by atoms with Gasteiger partial charge in [0.05, 0.1) is 24.3 Å². The van der Waals surface area contributed by atoms with Gasteiger partial charge in [0.2, 0.25) is 11.8 Å². The molecule has 2 aromatic carbocycles. The van der Waals surface area contributed by atoms with Gasteiger partial charge in [0, 0.05) is 11.8 Å². The molecule has 0 aromatic heterocycles. The van der Waals surface area contributed by atoms with E-state index in [1.54, 1.807) is 18.2 Å². The predicted octanol–water partition coefficient (Wildman–Crippen LogP) is 2.70. The van der Waals surface area contributed by atoms with E-state index in [2.05, 4.69) is 16.0 Å². The maximum atomic E-state index is 13.0. The molecule has 0 radical (unpaired) electrons. The summed E-state index contributed by atoms with van der Waals surface area (Å²) in [5.74, 6) is -0.456. The standard InChI is InChI=1S/C21H21F3N4O5/c1-28(11-18(29)26-15-5-3-2-4-14(15)21(22,23)24)12-19(30)27-20(31)25-13-6-7-16-17(10-13)33-9-8-32-16/h2-7,10H,8-9,11-12H2,1H3,(H,26,29)(H2,25,27,30,31). The number of ether oxygens (including phenoxy) is 2. The highest BCUT2D eigenvalue weighted by molar-refractivity contribution is 6.02. The van der Waals surface area contributed by atoms with E-state index in [-0.39, 0.29) is 18.8 Å². The fourth-order valence-corrected chi connectivity index (χ4v) is 3.02. The second-order valence-corrected chi connectivity index (χ2v) is 7.12. The predicted molar refractivity (Wildman–Crippen MR) is 112 cm³/mol. The van der Waals surface area contributed by atoms with Crippen LogP contribution in [0.5, 0.6) is 11.5 Å². The number of urea groups is 1. The molecule has 0 atom stereocenters. The van der Waals surface area contributed by atoms with Gasteiger partial charge in [0.25, 0.3) is 0 Å². The van der Waals surface area contributed by atoms with Crippen LogP contribution < -0.4 is 25.4 Å². The average molecular weight is 466 g/mol. The first-order valence-corrected chi connectivity index (χ1v) is 9.77. The molecule has 0 aliphatic carbocycles. The minimum absolute atomic E-state index is 0.344. The number of imide groups is 1. The quantitative estimate of drug-likeness (QED) is 0.604. The highest BCUT2D eigenvalue weighted by Gasteiger charge is 2.33. The van der Waals surface area contributed by atoms with Crippen molar-refractivity contribution >= 4 is 29.2 Å². The number of alkyl halides is 3. The third kappa shape index (κ3) is 6.84. The molecule has 3 N–H and O–H groups in total. The van der Waals surface area contributed by atoms with E-state index in [1.807, 2.05) is 0 Å². The SMILES string of the molecule is CN(CC(=O)NC(=O)Nc1ccc2c(c1)OCCO2)CC(=O)Nc1ccccc1C(F)(F)F. The van der Waals surface area contributed by atoms with E-state index in [9.17, 15) is 27.6 Å². The minimum atomic E-state index is -4.62. The van der Waals surface area contributed by atoms with E-state index in [1.165, 1.54) is 24.1 Å². The molecule has 0 saturated carbocycles. The highest BCUT2D eigenvalue weighted by Crippen LogP contribution is 2.34. The molecule has 0 fully saturated rings. The lowest BCUT2D eigenvalue weighted by atomic mass is 10.1. The summed E-state index contributed by atoms with van der Waals surface area (Å²) in [6.07, 6.45) is -4.62. The van der Waals surface area contributed by atoms with E-state index in [0.717, 1.165) is 12.1 Å². The number of hydrogen-bond donors (Lipinski definition) is 3. The number of likely N-dealkylation sites (N-methyl/N-ethyl adjacent to an activating group) is 1. The molecule has 4 amide bonds. The van der Waals surface area contributed by atoms with Crippen LogP contribution in [-0.2, 0) is 15.8 Å². The molecule has 1 aliphatic rings.